The van der Waals surface area contributed by atoms with Crippen LogP contribution >= 0.6 is 0 Å². The van der Waals surface area contributed by atoms with Crippen molar-refractivity contribution in [2.45, 2.75) is 32.4 Å². The van der Waals surface area contributed by atoms with Crippen molar-refractivity contribution >= 4 is 5.82 Å². The molecule has 0 unspecified atom stereocenters. The van der Waals surface area contributed by atoms with Gasteiger partial charge in [0.05, 0.1) is 5.69 Å². The molecule has 0 spiro atoms. The lowest BCUT2D eigenvalue weighted by Crippen LogP contribution is -2.48. The zero-order valence-corrected chi connectivity index (χ0v) is 11.4. The summed E-state index contributed by atoms with van der Waals surface area (Å²) in [5.74, 6) is 1.23. The van der Waals surface area contributed by atoms with Crippen molar-refractivity contribution in [2.75, 3.05) is 31.1 Å². The second-order valence-electron chi connectivity index (χ2n) is 5.47. The van der Waals surface area contributed by atoms with Crippen LogP contribution in [0.3, 0.4) is 0 Å². The van der Waals surface area contributed by atoms with Gasteiger partial charge in [-0.2, -0.15) is 5.10 Å². The molecule has 1 aromatic heterocycles. The van der Waals surface area contributed by atoms with E-state index in [1.54, 1.807) is 0 Å². The zero-order chi connectivity index (χ0) is 12.7. The van der Waals surface area contributed by atoms with Gasteiger partial charge in [-0.15, -0.1) is 0 Å². The Balaban J connectivity index is 1.75. The first kappa shape index (κ1) is 12.0. The Morgan fingerprint density at radius 2 is 1.89 bits per heavy atom. The number of rotatable bonds is 3. The van der Waals surface area contributed by atoms with Crippen LogP contribution < -0.4 is 10.6 Å². The molecule has 2 aliphatic rings. The Hall–Kier alpha value is -1.07. The maximum atomic E-state index is 5.87. The van der Waals surface area contributed by atoms with Crippen LogP contribution in [0.25, 0.3) is 0 Å². The van der Waals surface area contributed by atoms with Gasteiger partial charge in [0.15, 0.2) is 0 Å². The van der Waals surface area contributed by atoms with Crippen molar-refractivity contribution in [1.29, 1.82) is 0 Å². The minimum atomic E-state index is 0.581. The highest BCUT2D eigenvalue weighted by Gasteiger charge is 2.32. The highest BCUT2D eigenvalue weighted by molar-refractivity contribution is 5.50. The molecule has 0 aromatic carbocycles. The molecule has 5 heteroatoms. The molecule has 1 aliphatic carbocycles. The highest BCUT2D eigenvalue weighted by atomic mass is 15.4. The second kappa shape index (κ2) is 4.55. The van der Waals surface area contributed by atoms with Gasteiger partial charge in [-0.3, -0.25) is 9.58 Å². The number of aryl methyl sites for hydroxylation is 2. The fourth-order valence-electron chi connectivity index (χ4n) is 3.06. The van der Waals surface area contributed by atoms with Crippen molar-refractivity contribution in [3.05, 3.63) is 11.3 Å². The summed E-state index contributed by atoms with van der Waals surface area (Å²) in [7, 11) is 2.02. The molecule has 1 aliphatic heterocycles. The molecule has 2 fully saturated rings. The minimum absolute atomic E-state index is 0.581. The summed E-state index contributed by atoms with van der Waals surface area (Å²) < 4.78 is 1.99. The topological polar surface area (TPSA) is 50.3 Å². The first-order chi connectivity index (χ1) is 8.70. The van der Waals surface area contributed by atoms with Gasteiger partial charge in [0.2, 0.25) is 0 Å². The molecular weight excluding hydrogens is 226 g/mol. The van der Waals surface area contributed by atoms with Gasteiger partial charge in [0.25, 0.3) is 0 Å². The van der Waals surface area contributed by atoms with Crippen molar-refractivity contribution in [3.63, 3.8) is 0 Å². The first-order valence-corrected chi connectivity index (χ1v) is 6.92. The van der Waals surface area contributed by atoms with Gasteiger partial charge < -0.3 is 10.6 Å². The molecule has 5 nitrogen and oxygen atoms in total. The van der Waals surface area contributed by atoms with E-state index in [2.05, 4.69) is 14.9 Å². The molecule has 0 atom stereocenters. The third-order valence-electron chi connectivity index (χ3n) is 4.19. The molecule has 3 rings (SSSR count). The van der Waals surface area contributed by atoms with Crippen LogP contribution in [0.1, 0.15) is 24.1 Å². The normalized spacial score (nSPS) is 21.6. The fraction of sp³-hybridized carbons (Fsp3) is 0.769. The van der Waals surface area contributed by atoms with Crippen LogP contribution in [0.5, 0.6) is 0 Å². The van der Waals surface area contributed by atoms with Crippen LogP contribution in [0, 0.1) is 6.92 Å². The summed E-state index contributed by atoms with van der Waals surface area (Å²) in [5.41, 5.74) is 8.14. The van der Waals surface area contributed by atoms with E-state index in [0.717, 1.165) is 24.8 Å². The molecule has 0 amide bonds. The Labute approximate surface area is 109 Å². The average molecular weight is 249 g/mol. The molecule has 1 saturated carbocycles. The molecule has 2 heterocycles. The van der Waals surface area contributed by atoms with E-state index in [1.165, 1.54) is 37.3 Å². The number of hydrogen-bond donors (Lipinski definition) is 1. The van der Waals surface area contributed by atoms with Crippen LogP contribution in [0.4, 0.5) is 5.82 Å². The Kier molecular flexibility index (Phi) is 3.03. The summed E-state index contributed by atoms with van der Waals surface area (Å²) in [6, 6.07) is 0.884. The number of nitrogens with two attached hydrogens (primary N) is 1. The summed E-state index contributed by atoms with van der Waals surface area (Å²) in [6.45, 7) is 7.19. The highest BCUT2D eigenvalue weighted by Crippen LogP contribution is 2.29. The van der Waals surface area contributed by atoms with E-state index in [1.807, 2.05) is 18.7 Å². The summed E-state index contributed by atoms with van der Waals surface area (Å²) in [5, 5.41) is 4.50. The lowest BCUT2D eigenvalue weighted by molar-refractivity contribution is 0.247. The van der Waals surface area contributed by atoms with E-state index in [9.17, 15) is 0 Å². The number of hydrogen-bond acceptors (Lipinski definition) is 4. The SMILES string of the molecule is Cc1nn(C)c(N2CCN(C3CC3)CC2)c1CN. The van der Waals surface area contributed by atoms with Gasteiger partial charge in [-0.1, -0.05) is 0 Å². The molecular formula is C13H23N5. The van der Waals surface area contributed by atoms with Gasteiger partial charge in [0.1, 0.15) is 5.82 Å². The minimum Gasteiger partial charge on any atom is -0.354 e. The first-order valence-electron chi connectivity index (χ1n) is 6.92. The van der Waals surface area contributed by atoms with Gasteiger partial charge in [-0.05, 0) is 19.8 Å². The van der Waals surface area contributed by atoms with E-state index >= 15 is 0 Å². The van der Waals surface area contributed by atoms with Gasteiger partial charge in [0, 0.05) is 51.4 Å². The second-order valence-corrected chi connectivity index (χ2v) is 5.47. The van der Waals surface area contributed by atoms with Crippen molar-refractivity contribution in [2.24, 2.45) is 12.8 Å². The van der Waals surface area contributed by atoms with Crippen LogP contribution in [-0.4, -0.2) is 46.9 Å². The predicted octanol–water partition coefficient (Wildman–Crippen LogP) is 0.472. The quantitative estimate of drug-likeness (QED) is 0.846. The lowest BCUT2D eigenvalue weighted by atomic mass is 10.2. The molecule has 0 radical (unpaired) electrons. The summed E-state index contributed by atoms with van der Waals surface area (Å²) in [4.78, 5) is 5.07. The molecule has 2 N–H and O–H groups in total. The third kappa shape index (κ3) is 2.01. The maximum absolute atomic E-state index is 5.87. The number of piperazine rings is 1. The van der Waals surface area contributed by atoms with Crippen molar-refractivity contribution in [3.8, 4) is 0 Å². The standard InChI is InChI=1S/C13H23N5/c1-10-12(9-14)13(16(2)15-10)18-7-5-17(6-8-18)11-3-4-11/h11H,3-9,14H2,1-2H3. The molecule has 100 valence electrons. The number of anilines is 1. The number of nitrogens with zero attached hydrogens (tertiary/aromatic N) is 4. The van der Waals surface area contributed by atoms with Gasteiger partial charge >= 0.3 is 0 Å². The smallest absolute Gasteiger partial charge is 0.131 e. The Morgan fingerprint density at radius 1 is 1.22 bits per heavy atom. The van der Waals surface area contributed by atoms with E-state index in [-0.39, 0.29) is 0 Å². The molecule has 0 bridgehead atoms. The molecule has 1 saturated heterocycles. The maximum Gasteiger partial charge on any atom is 0.131 e. The molecule has 1 aromatic rings. The number of aromatic nitrogens is 2. The van der Waals surface area contributed by atoms with Crippen LogP contribution in [0.15, 0.2) is 0 Å². The van der Waals surface area contributed by atoms with Crippen molar-refractivity contribution < 1.29 is 0 Å². The van der Waals surface area contributed by atoms with E-state index < -0.39 is 0 Å². The van der Waals surface area contributed by atoms with Crippen LogP contribution in [0.2, 0.25) is 0 Å². The van der Waals surface area contributed by atoms with Gasteiger partial charge in [-0.25, -0.2) is 0 Å². The van der Waals surface area contributed by atoms with Crippen molar-refractivity contribution in [1.82, 2.24) is 14.7 Å². The molecule has 18 heavy (non-hydrogen) atoms. The Bertz CT molecular complexity index is 427. The predicted molar refractivity (Wildman–Crippen MR) is 72.6 cm³/mol. The average Bonchev–Trinajstić information content (AvgIpc) is 3.16. The largest absolute Gasteiger partial charge is 0.354 e. The lowest BCUT2D eigenvalue weighted by Gasteiger charge is -2.36. The summed E-state index contributed by atoms with van der Waals surface area (Å²) >= 11 is 0. The van der Waals surface area contributed by atoms with Crippen LogP contribution in [-0.2, 0) is 13.6 Å². The fourth-order valence-corrected chi connectivity index (χ4v) is 3.06. The van der Waals surface area contributed by atoms with E-state index in [4.69, 9.17) is 5.73 Å². The third-order valence-corrected chi connectivity index (χ3v) is 4.19. The zero-order valence-electron chi connectivity index (χ0n) is 11.4. The Morgan fingerprint density at radius 3 is 2.44 bits per heavy atom. The summed E-state index contributed by atoms with van der Waals surface area (Å²) in [6.07, 6.45) is 2.80. The van der Waals surface area contributed by atoms with E-state index in [0.29, 0.717) is 6.54 Å². The monoisotopic (exact) mass is 249 g/mol.